The first-order valence-electron chi connectivity index (χ1n) is 4.79. The molecule has 2 N–H and O–H groups in total. The molecule has 0 fully saturated rings. The van der Waals surface area contributed by atoms with Gasteiger partial charge in [0.15, 0.2) is 0 Å². The van der Waals surface area contributed by atoms with Gasteiger partial charge in [-0.3, -0.25) is 4.79 Å². The van der Waals surface area contributed by atoms with Crippen LogP contribution in [0.3, 0.4) is 0 Å². The largest absolute Gasteiger partial charge is 0.330 e. The maximum atomic E-state index is 13.0. The average molecular weight is 210 g/mol. The Morgan fingerprint density at radius 2 is 2.20 bits per heavy atom. The number of amides is 1. The van der Waals surface area contributed by atoms with Crippen LogP contribution in [0.5, 0.6) is 0 Å². The van der Waals surface area contributed by atoms with E-state index in [1.807, 2.05) is 0 Å². The molecule has 0 bridgehead atoms. The van der Waals surface area contributed by atoms with E-state index >= 15 is 0 Å². The number of anilines is 1. The molecule has 0 unspecified atom stereocenters. The number of benzene rings is 1. The maximum Gasteiger partial charge on any atom is 0.227 e. The molecule has 1 rings (SSSR count). The molecule has 0 heterocycles. The van der Waals surface area contributed by atoms with Crippen LogP contribution in [0.1, 0.15) is 12.0 Å². The minimum absolute atomic E-state index is 0.0662. The van der Waals surface area contributed by atoms with Gasteiger partial charge in [-0.15, -0.1) is 0 Å². The number of carbonyl (C=O) groups excluding carboxylic acids is 1. The lowest BCUT2D eigenvalue weighted by molar-refractivity contribution is -0.118. The van der Waals surface area contributed by atoms with E-state index in [9.17, 15) is 9.18 Å². The van der Waals surface area contributed by atoms with Crippen LogP contribution >= 0.6 is 0 Å². The predicted octanol–water partition coefficient (Wildman–Crippen LogP) is 1.45. The lowest BCUT2D eigenvalue weighted by Crippen LogP contribution is -2.28. The first kappa shape index (κ1) is 11.7. The summed E-state index contributed by atoms with van der Waals surface area (Å²) >= 11 is 0. The number of hydrogen-bond acceptors (Lipinski definition) is 2. The molecule has 1 aromatic rings. The zero-order valence-corrected chi connectivity index (χ0v) is 8.96. The quantitative estimate of drug-likeness (QED) is 0.820. The summed E-state index contributed by atoms with van der Waals surface area (Å²) in [5, 5.41) is 0. The van der Waals surface area contributed by atoms with Crippen molar-refractivity contribution >= 4 is 11.6 Å². The van der Waals surface area contributed by atoms with Crippen molar-refractivity contribution in [3.8, 4) is 0 Å². The summed E-state index contributed by atoms with van der Waals surface area (Å²) in [4.78, 5) is 13.0. The van der Waals surface area contributed by atoms with E-state index in [0.29, 0.717) is 24.2 Å². The van der Waals surface area contributed by atoms with Crippen molar-refractivity contribution < 1.29 is 9.18 Å². The molecule has 3 nitrogen and oxygen atoms in total. The van der Waals surface area contributed by atoms with Crippen LogP contribution in [0, 0.1) is 12.7 Å². The lowest BCUT2D eigenvalue weighted by atomic mass is 10.2. The normalized spacial score (nSPS) is 10.1. The SMILES string of the molecule is Cc1cc(N(C)C(=O)CCN)ccc1F. The highest BCUT2D eigenvalue weighted by Gasteiger charge is 2.10. The first-order valence-corrected chi connectivity index (χ1v) is 4.79. The van der Waals surface area contributed by atoms with Gasteiger partial charge in [0.1, 0.15) is 5.82 Å². The molecule has 1 aromatic carbocycles. The Kier molecular flexibility index (Phi) is 3.80. The summed E-state index contributed by atoms with van der Waals surface area (Å²) in [5.74, 6) is -0.332. The molecule has 0 radical (unpaired) electrons. The van der Waals surface area contributed by atoms with Crippen molar-refractivity contribution in [3.63, 3.8) is 0 Å². The molecule has 0 aliphatic heterocycles. The fraction of sp³-hybridized carbons (Fsp3) is 0.364. The van der Waals surface area contributed by atoms with E-state index in [4.69, 9.17) is 5.73 Å². The van der Waals surface area contributed by atoms with Crippen molar-refractivity contribution in [2.75, 3.05) is 18.5 Å². The molecule has 0 aliphatic carbocycles. The number of halogens is 1. The Morgan fingerprint density at radius 1 is 1.53 bits per heavy atom. The topological polar surface area (TPSA) is 46.3 Å². The number of hydrogen-bond donors (Lipinski definition) is 1. The fourth-order valence-corrected chi connectivity index (χ4v) is 1.27. The minimum atomic E-state index is -0.265. The molecule has 0 spiro atoms. The Bertz CT molecular complexity index is 366. The Labute approximate surface area is 88.7 Å². The summed E-state index contributed by atoms with van der Waals surface area (Å²) in [5.41, 5.74) is 6.51. The zero-order chi connectivity index (χ0) is 11.4. The molecule has 4 heteroatoms. The zero-order valence-electron chi connectivity index (χ0n) is 8.96. The van der Waals surface area contributed by atoms with Gasteiger partial charge in [0.05, 0.1) is 0 Å². The van der Waals surface area contributed by atoms with Crippen LogP contribution < -0.4 is 10.6 Å². The number of aryl methyl sites for hydroxylation is 1. The standard InChI is InChI=1S/C11H15FN2O/c1-8-7-9(3-4-10(8)12)14(2)11(15)5-6-13/h3-4,7H,5-6,13H2,1-2H3. The van der Waals surface area contributed by atoms with Crippen LogP contribution in [-0.4, -0.2) is 19.5 Å². The Morgan fingerprint density at radius 3 is 2.73 bits per heavy atom. The van der Waals surface area contributed by atoms with Gasteiger partial charge in [-0.25, -0.2) is 4.39 Å². The number of nitrogens with two attached hydrogens (primary N) is 1. The average Bonchev–Trinajstić information content (AvgIpc) is 2.21. The Hall–Kier alpha value is -1.42. The van der Waals surface area contributed by atoms with Gasteiger partial charge in [0, 0.05) is 25.7 Å². The molecule has 82 valence electrons. The second-order valence-electron chi connectivity index (χ2n) is 3.42. The number of nitrogens with zero attached hydrogens (tertiary/aromatic N) is 1. The third-order valence-electron chi connectivity index (χ3n) is 2.26. The van der Waals surface area contributed by atoms with Crippen molar-refractivity contribution in [2.24, 2.45) is 5.73 Å². The smallest absolute Gasteiger partial charge is 0.227 e. The molecule has 0 saturated heterocycles. The molecule has 0 aliphatic rings. The summed E-state index contributed by atoms with van der Waals surface area (Å²) in [7, 11) is 1.66. The molecule has 0 saturated carbocycles. The van der Waals surface area contributed by atoms with E-state index in [1.165, 1.54) is 11.0 Å². The molecule has 15 heavy (non-hydrogen) atoms. The van der Waals surface area contributed by atoms with Gasteiger partial charge in [-0.1, -0.05) is 0 Å². The highest BCUT2D eigenvalue weighted by Crippen LogP contribution is 2.17. The summed E-state index contributed by atoms with van der Waals surface area (Å²) in [6.45, 7) is 1.99. The van der Waals surface area contributed by atoms with Crippen molar-refractivity contribution in [1.82, 2.24) is 0 Å². The number of rotatable bonds is 3. The van der Waals surface area contributed by atoms with Gasteiger partial charge >= 0.3 is 0 Å². The van der Waals surface area contributed by atoms with Crippen LogP contribution in [0.4, 0.5) is 10.1 Å². The lowest BCUT2D eigenvalue weighted by Gasteiger charge is -2.17. The maximum absolute atomic E-state index is 13.0. The van der Waals surface area contributed by atoms with Gasteiger partial charge in [-0.05, 0) is 30.7 Å². The van der Waals surface area contributed by atoms with E-state index in [0.717, 1.165) is 0 Å². The Balaban J connectivity index is 2.86. The molecule has 0 atom stereocenters. The fourth-order valence-electron chi connectivity index (χ4n) is 1.27. The van der Waals surface area contributed by atoms with Crippen molar-refractivity contribution in [3.05, 3.63) is 29.6 Å². The minimum Gasteiger partial charge on any atom is -0.330 e. The summed E-state index contributed by atoms with van der Waals surface area (Å²) in [6.07, 6.45) is 0.299. The van der Waals surface area contributed by atoms with Gasteiger partial charge < -0.3 is 10.6 Å². The van der Waals surface area contributed by atoms with Gasteiger partial charge in [-0.2, -0.15) is 0 Å². The summed E-state index contributed by atoms with van der Waals surface area (Å²) in [6, 6.07) is 4.58. The molecule has 1 amide bonds. The second-order valence-corrected chi connectivity index (χ2v) is 3.42. The van der Waals surface area contributed by atoms with Crippen LogP contribution in [0.2, 0.25) is 0 Å². The van der Waals surface area contributed by atoms with Gasteiger partial charge in [0.2, 0.25) is 5.91 Å². The molecule has 0 aromatic heterocycles. The third-order valence-corrected chi connectivity index (χ3v) is 2.26. The van der Waals surface area contributed by atoms with Gasteiger partial charge in [0.25, 0.3) is 0 Å². The third kappa shape index (κ3) is 2.76. The van der Waals surface area contributed by atoms with E-state index < -0.39 is 0 Å². The monoisotopic (exact) mass is 210 g/mol. The number of carbonyl (C=O) groups is 1. The van der Waals surface area contributed by atoms with E-state index in [2.05, 4.69) is 0 Å². The highest BCUT2D eigenvalue weighted by atomic mass is 19.1. The molecular weight excluding hydrogens is 195 g/mol. The molecular formula is C11H15FN2O. The highest BCUT2D eigenvalue weighted by molar-refractivity contribution is 5.92. The van der Waals surface area contributed by atoms with Crippen molar-refractivity contribution in [1.29, 1.82) is 0 Å². The predicted molar refractivity (Wildman–Crippen MR) is 58.2 cm³/mol. The van der Waals surface area contributed by atoms with E-state index in [1.54, 1.807) is 26.1 Å². The summed E-state index contributed by atoms with van der Waals surface area (Å²) < 4.78 is 13.0. The van der Waals surface area contributed by atoms with Crippen LogP contribution in [0.15, 0.2) is 18.2 Å². The van der Waals surface area contributed by atoms with E-state index in [-0.39, 0.29) is 11.7 Å². The first-order chi connectivity index (χ1) is 7.06. The van der Waals surface area contributed by atoms with Crippen LogP contribution in [0.25, 0.3) is 0 Å². The van der Waals surface area contributed by atoms with Crippen molar-refractivity contribution in [2.45, 2.75) is 13.3 Å². The second kappa shape index (κ2) is 4.89. The van der Waals surface area contributed by atoms with Crippen LogP contribution in [-0.2, 0) is 4.79 Å².